The van der Waals surface area contributed by atoms with Crippen molar-refractivity contribution in [3.8, 4) is 0 Å². The van der Waals surface area contributed by atoms with Gasteiger partial charge in [-0.05, 0) is 6.92 Å². The van der Waals surface area contributed by atoms with E-state index in [1.165, 1.54) is 4.68 Å². The lowest BCUT2D eigenvalue weighted by molar-refractivity contribution is -0.107. The molecular weight excluding hydrogens is 172 g/mol. The van der Waals surface area contributed by atoms with Crippen LogP contribution in [0.4, 0.5) is 0 Å². The molecule has 1 aromatic heterocycles. The second-order valence-corrected chi connectivity index (χ2v) is 2.71. The maximum absolute atomic E-state index is 10.7. The van der Waals surface area contributed by atoms with E-state index in [1.807, 2.05) is 0 Å². The molecule has 0 saturated heterocycles. The third-order valence-electron chi connectivity index (χ3n) is 1.95. The van der Waals surface area contributed by atoms with E-state index >= 15 is 0 Å². The minimum Gasteiger partial charge on any atom is -0.476 e. The average Bonchev–Trinajstić information content (AvgIpc) is 2.33. The first-order valence-corrected chi connectivity index (χ1v) is 3.77. The van der Waals surface area contributed by atoms with Crippen molar-refractivity contribution < 1.29 is 14.7 Å². The van der Waals surface area contributed by atoms with Gasteiger partial charge < -0.3 is 9.90 Å². The summed E-state index contributed by atoms with van der Waals surface area (Å²) < 4.78 is 1.46. The van der Waals surface area contributed by atoms with Crippen molar-refractivity contribution in [2.45, 2.75) is 13.3 Å². The van der Waals surface area contributed by atoms with E-state index in [4.69, 9.17) is 5.11 Å². The Morgan fingerprint density at radius 3 is 2.77 bits per heavy atom. The maximum Gasteiger partial charge on any atom is 0.356 e. The molecule has 0 unspecified atom stereocenters. The third kappa shape index (κ3) is 1.58. The van der Waals surface area contributed by atoms with Gasteiger partial charge in [0.1, 0.15) is 6.29 Å². The van der Waals surface area contributed by atoms with Gasteiger partial charge in [-0.25, -0.2) is 4.79 Å². The largest absolute Gasteiger partial charge is 0.476 e. The van der Waals surface area contributed by atoms with Gasteiger partial charge in [0, 0.05) is 24.7 Å². The monoisotopic (exact) mass is 182 g/mol. The molecule has 0 radical (unpaired) electrons. The van der Waals surface area contributed by atoms with Crippen molar-refractivity contribution in [3.63, 3.8) is 0 Å². The second-order valence-electron chi connectivity index (χ2n) is 2.71. The van der Waals surface area contributed by atoms with Crippen LogP contribution >= 0.6 is 0 Å². The first-order valence-electron chi connectivity index (χ1n) is 3.77. The molecule has 1 rings (SSSR count). The summed E-state index contributed by atoms with van der Waals surface area (Å²) in [7, 11) is 1.65. The van der Waals surface area contributed by atoms with Crippen LogP contribution < -0.4 is 0 Å². The predicted octanol–water partition coefficient (Wildman–Crippen LogP) is 0.168. The lowest BCUT2D eigenvalue weighted by Crippen LogP contribution is -2.02. The molecule has 5 heteroatoms. The number of aromatic carboxylic acids is 1. The standard InChI is InChI=1S/C8H10N2O3/c1-5-6(3-4-11)7(8(12)13)9-10(5)2/h4H,3H2,1-2H3,(H,12,13). The summed E-state index contributed by atoms with van der Waals surface area (Å²) >= 11 is 0. The first-order chi connectivity index (χ1) is 6.07. The fraction of sp³-hybridized carbons (Fsp3) is 0.375. The van der Waals surface area contributed by atoms with E-state index in [0.717, 1.165) is 0 Å². The van der Waals surface area contributed by atoms with Crippen molar-refractivity contribution in [1.29, 1.82) is 0 Å². The number of hydrogen-bond acceptors (Lipinski definition) is 3. The Morgan fingerprint density at radius 1 is 1.69 bits per heavy atom. The number of aromatic nitrogens is 2. The molecule has 1 heterocycles. The molecule has 0 saturated carbocycles. The minimum absolute atomic E-state index is 0.0351. The first kappa shape index (κ1) is 9.44. The average molecular weight is 182 g/mol. The van der Waals surface area contributed by atoms with Gasteiger partial charge in [0.05, 0.1) is 0 Å². The molecule has 1 aromatic rings. The van der Waals surface area contributed by atoms with Crippen molar-refractivity contribution >= 4 is 12.3 Å². The zero-order valence-corrected chi connectivity index (χ0v) is 7.44. The van der Waals surface area contributed by atoms with Gasteiger partial charge in [0.25, 0.3) is 0 Å². The van der Waals surface area contributed by atoms with Gasteiger partial charge in [-0.2, -0.15) is 5.10 Å². The van der Waals surface area contributed by atoms with Crippen molar-refractivity contribution in [2.75, 3.05) is 0 Å². The number of carboxylic acids is 1. The molecule has 0 aliphatic heterocycles. The summed E-state index contributed by atoms with van der Waals surface area (Å²) in [5.41, 5.74) is 1.17. The zero-order chi connectivity index (χ0) is 10.0. The van der Waals surface area contributed by atoms with Crippen LogP contribution in [0.25, 0.3) is 0 Å². The summed E-state index contributed by atoms with van der Waals surface area (Å²) in [5, 5.41) is 12.5. The molecule has 70 valence electrons. The SMILES string of the molecule is Cc1c(CC=O)c(C(=O)O)nn1C. The van der Waals surface area contributed by atoms with Gasteiger partial charge in [0.15, 0.2) is 5.69 Å². The van der Waals surface area contributed by atoms with Crippen LogP contribution in [0.2, 0.25) is 0 Å². The third-order valence-corrected chi connectivity index (χ3v) is 1.95. The van der Waals surface area contributed by atoms with Crippen LogP contribution in [0.15, 0.2) is 0 Å². The Balaban J connectivity index is 3.25. The Labute approximate surface area is 75.0 Å². The summed E-state index contributed by atoms with van der Waals surface area (Å²) in [6.07, 6.45) is 0.776. The highest BCUT2D eigenvalue weighted by Gasteiger charge is 2.17. The Hall–Kier alpha value is -1.65. The number of carbonyl (C=O) groups excluding carboxylic acids is 1. The quantitative estimate of drug-likeness (QED) is 0.676. The molecule has 0 amide bonds. The summed E-state index contributed by atoms with van der Waals surface area (Å²) in [6.45, 7) is 1.73. The van der Waals surface area contributed by atoms with Gasteiger partial charge in [-0.1, -0.05) is 0 Å². The van der Waals surface area contributed by atoms with E-state index in [2.05, 4.69) is 5.10 Å². The lowest BCUT2D eigenvalue weighted by Gasteiger charge is -1.94. The molecule has 0 atom stereocenters. The highest BCUT2D eigenvalue weighted by molar-refractivity contribution is 5.88. The number of hydrogen-bond donors (Lipinski definition) is 1. The second kappa shape index (κ2) is 3.38. The minimum atomic E-state index is -1.10. The Morgan fingerprint density at radius 2 is 2.31 bits per heavy atom. The Kier molecular flexibility index (Phi) is 2.46. The van der Waals surface area contributed by atoms with Gasteiger partial charge in [-0.3, -0.25) is 4.68 Å². The van der Waals surface area contributed by atoms with Crippen LogP contribution in [0.1, 0.15) is 21.7 Å². The highest BCUT2D eigenvalue weighted by Crippen LogP contribution is 2.12. The van der Waals surface area contributed by atoms with Crippen LogP contribution in [0, 0.1) is 6.92 Å². The van der Waals surface area contributed by atoms with Crippen LogP contribution in [-0.2, 0) is 18.3 Å². The number of nitrogens with zero attached hydrogens (tertiary/aromatic N) is 2. The molecule has 0 fully saturated rings. The molecule has 0 aromatic carbocycles. The lowest BCUT2D eigenvalue weighted by atomic mass is 10.1. The summed E-state index contributed by atoms with van der Waals surface area (Å²) in [4.78, 5) is 21.0. The van der Waals surface area contributed by atoms with Crippen LogP contribution in [-0.4, -0.2) is 27.1 Å². The van der Waals surface area contributed by atoms with E-state index in [0.29, 0.717) is 17.5 Å². The predicted molar refractivity (Wildman–Crippen MR) is 44.7 cm³/mol. The number of rotatable bonds is 3. The fourth-order valence-corrected chi connectivity index (χ4v) is 1.15. The topological polar surface area (TPSA) is 72.2 Å². The summed E-state index contributed by atoms with van der Waals surface area (Å²) in [6, 6.07) is 0. The molecule has 13 heavy (non-hydrogen) atoms. The number of carboxylic acid groups (broad SMARTS) is 1. The molecule has 0 bridgehead atoms. The number of carbonyl (C=O) groups is 2. The Bertz CT molecular complexity index is 355. The molecular formula is C8H10N2O3. The summed E-state index contributed by atoms with van der Waals surface area (Å²) in [5.74, 6) is -1.10. The normalized spacial score (nSPS) is 10.0. The van der Waals surface area contributed by atoms with Crippen molar-refractivity contribution in [3.05, 3.63) is 17.0 Å². The van der Waals surface area contributed by atoms with Gasteiger partial charge in [-0.15, -0.1) is 0 Å². The zero-order valence-electron chi connectivity index (χ0n) is 7.44. The van der Waals surface area contributed by atoms with Crippen LogP contribution in [0.3, 0.4) is 0 Å². The number of aldehydes is 1. The molecule has 1 N–H and O–H groups in total. The molecule has 5 nitrogen and oxygen atoms in total. The van der Waals surface area contributed by atoms with E-state index < -0.39 is 5.97 Å². The van der Waals surface area contributed by atoms with Crippen LogP contribution in [0.5, 0.6) is 0 Å². The fourth-order valence-electron chi connectivity index (χ4n) is 1.15. The van der Waals surface area contributed by atoms with Crippen molar-refractivity contribution in [2.24, 2.45) is 7.05 Å². The van der Waals surface area contributed by atoms with E-state index in [-0.39, 0.29) is 12.1 Å². The number of aryl methyl sites for hydroxylation is 1. The molecule has 0 aliphatic carbocycles. The van der Waals surface area contributed by atoms with E-state index in [1.54, 1.807) is 14.0 Å². The molecule has 0 aliphatic rings. The van der Waals surface area contributed by atoms with Crippen molar-refractivity contribution in [1.82, 2.24) is 9.78 Å². The smallest absolute Gasteiger partial charge is 0.356 e. The maximum atomic E-state index is 10.7. The molecule has 0 spiro atoms. The van der Waals surface area contributed by atoms with Gasteiger partial charge in [0.2, 0.25) is 0 Å². The van der Waals surface area contributed by atoms with E-state index in [9.17, 15) is 9.59 Å². The van der Waals surface area contributed by atoms with Gasteiger partial charge >= 0.3 is 5.97 Å². The highest BCUT2D eigenvalue weighted by atomic mass is 16.4.